The van der Waals surface area contributed by atoms with Crippen LogP contribution in [0.5, 0.6) is 0 Å². The molecule has 2 aromatic carbocycles. The molecule has 0 fully saturated rings. The first-order valence-corrected chi connectivity index (χ1v) is 8.27. The summed E-state index contributed by atoms with van der Waals surface area (Å²) in [7, 11) is -3.84. The molecule has 0 aromatic heterocycles. The maximum absolute atomic E-state index is 12.5. The molecule has 0 amide bonds. The van der Waals surface area contributed by atoms with Crippen LogP contribution in [0.1, 0.15) is 28.4 Å². The van der Waals surface area contributed by atoms with Crippen LogP contribution in [0.2, 0.25) is 0 Å². The van der Waals surface area contributed by atoms with Crippen molar-refractivity contribution in [2.24, 2.45) is 0 Å². The second kappa shape index (κ2) is 6.19. The number of carbonyl (C=O) groups is 1. The molecule has 0 spiro atoms. The monoisotopic (exact) mass is 319 g/mol. The molecule has 22 heavy (non-hydrogen) atoms. The van der Waals surface area contributed by atoms with Crippen LogP contribution >= 0.6 is 0 Å². The average molecular weight is 319 g/mol. The highest BCUT2D eigenvalue weighted by molar-refractivity contribution is 7.92. The van der Waals surface area contributed by atoms with Crippen molar-refractivity contribution in [2.75, 3.05) is 4.72 Å². The Labute approximate surface area is 129 Å². The molecule has 0 aliphatic rings. The van der Waals surface area contributed by atoms with Gasteiger partial charge in [0, 0.05) is 5.69 Å². The molecule has 0 aliphatic carbocycles. The summed E-state index contributed by atoms with van der Waals surface area (Å²) in [6, 6.07) is 11.1. The minimum absolute atomic E-state index is 0.00419. The predicted octanol–water partition coefficient (Wildman–Crippen LogP) is 3.06. The molecule has 0 bridgehead atoms. The zero-order valence-corrected chi connectivity index (χ0v) is 13.1. The minimum Gasteiger partial charge on any atom is -0.478 e. The Hall–Kier alpha value is -2.34. The summed E-state index contributed by atoms with van der Waals surface area (Å²) >= 11 is 0. The number of hydrogen-bond acceptors (Lipinski definition) is 3. The average Bonchev–Trinajstić information content (AvgIpc) is 2.48. The molecule has 0 unspecified atom stereocenters. The minimum atomic E-state index is -3.84. The fraction of sp³-hybridized carbons (Fsp3) is 0.188. The van der Waals surface area contributed by atoms with Gasteiger partial charge in [-0.1, -0.05) is 30.7 Å². The SMILES string of the molecule is CCc1ccc(C(=O)O)cc1S(=O)(=O)Nc1ccc(C)cc1. The summed E-state index contributed by atoms with van der Waals surface area (Å²) in [6.45, 7) is 3.73. The first kappa shape index (κ1) is 16.0. The maximum atomic E-state index is 12.5. The predicted molar refractivity (Wildman–Crippen MR) is 84.8 cm³/mol. The van der Waals surface area contributed by atoms with Crippen molar-refractivity contribution in [1.29, 1.82) is 0 Å². The number of anilines is 1. The van der Waals surface area contributed by atoms with Gasteiger partial charge < -0.3 is 5.11 Å². The highest BCUT2D eigenvalue weighted by atomic mass is 32.2. The molecular formula is C16H17NO4S. The Morgan fingerprint density at radius 3 is 2.32 bits per heavy atom. The van der Waals surface area contributed by atoms with Crippen molar-refractivity contribution in [3.05, 3.63) is 59.2 Å². The van der Waals surface area contributed by atoms with Gasteiger partial charge in [-0.2, -0.15) is 0 Å². The smallest absolute Gasteiger partial charge is 0.335 e. The third-order valence-corrected chi connectivity index (χ3v) is 4.75. The van der Waals surface area contributed by atoms with Gasteiger partial charge in [-0.05, 0) is 43.2 Å². The number of rotatable bonds is 5. The Kier molecular flexibility index (Phi) is 4.51. The highest BCUT2D eigenvalue weighted by Crippen LogP contribution is 2.22. The fourth-order valence-electron chi connectivity index (χ4n) is 2.06. The van der Waals surface area contributed by atoms with Gasteiger partial charge in [0.15, 0.2) is 0 Å². The number of carboxylic acid groups (broad SMARTS) is 1. The number of carboxylic acids is 1. The van der Waals surface area contributed by atoms with Gasteiger partial charge in [0.2, 0.25) is 0 Å². The van der Waals surface area contributed by atoms with Crippen molar-refractivity contribution >= 4 is 21.7 Å². The van der Waals surface area contributed by atoms with Crippen molar-refractivity contribution in [3.8, 4) is 0 Å². The molecule has 0 saturated heterocycles. The van der Waals surface area contributed by atoms with E-state index in [-0.39, 0.29) is 10.5 Å². The molecule has 2 rings (SSSR count). The molecular weight excluding hydrogens is 302 g/mol. The largest absolute Gasteiger partial charge is 0.478 e. The molecule has 116 valence electrons. The molecule has 2 aromatic rings. The lowest BCUT2D eigenvalue weighted by atomic mass is 10.1. The van der Waals surface area contributed by atoms with Gasteiger partial charge in [0.05, 0.1) is 10.5 Å². The first-order chi connectivity index (χ1) is 10.3. The van der Waals surface area contributed by atoms with Crippen LogP contribution in [0.4, 0.5) is 5.69 Å². The number of aryl methyl sites for hydroxylation is 2. The van der Waals surface area contributed by atoms with Crippen molar-refractivity contribution in [3.63, 3.8) is 0 Å². The fourth-order valence-corrected chi connectivity index (χ4v) is 3.46. The number of hydrogen-bond donors (Lipinski definition) is 2. The van der Waals surface area contributed by atoms with Crippen LogP contribution in [-0.2, 0) is 16.4 Å². The van der Waals surface area contributed by atoms with Gasteiger partial charge in [-0.25, -0.2) is 13.2 Å². The van der Waals surface area contributed by atoms with E-state index in [1.165, 1.54) is 18.2 Å². The molecule has 5 nitrogen and oxygen atoms in total. The van der Waals surface area contributed by atoms with Crippen molar-refractivity contribution in [2.45, 2.75) is 25.2 Å². The molecule has 2 N–H and O–H groups in total. The number of aromatic carboxylic acids is 1. The first-order valence-electron chi connectivity index (χ1n) is 6.79. The van der Waals surface area contributed by atoms with Crippen LogP contribution in [0.25, 0.3) is 0 Å². The second-order valence-corrected chi connectivity index (χ2v) is 6.60. The molecule has 0 radical (unpaired) electrons. The third-order valence-electron chi connectivity index (χ3n) is 3.29. The standard InChI is InChI=1S/C16H17NO4S/c1-3-12-6-7-13(16(18)19)10-15(12)22(20,21)17-14-8-4-11(2)5-9-14/h4-10,17H,3H2,1-2H3,(H,18,19). The van der Waals surface area contributed by atoms with Crippen molar-refractivity contribution in [1.82, 2.24) is 0 Å². The zero-order valence-electron chi connectivity index (χ0n) is 12.3. The quantitative estimate of drug-likeness (QED) is 0.887. The zero-order chi connectivity index (χ0) is 16.3. The van der Waals surface area contributed by atoms with E-state index in [2.05, 4.69) is 4.72 Å². The molecule has 0 saturated carbocycles. The molecule has 6 heteroatoms. The van der Waals surface area contributed by atoms with E-state index in [1.807, 2.05) is 13.8 Å². The van der Waals surface area contributed by atoms with E-state index in [0.717, 1.165) is 5.56 Å². The van der Waals surface area contributed by atoms with E-state index >= 15 is 0 Å². The number of nitrogens with one attached hydrogen (secondary N) is 1. The van der Waals surface area contributed by atoms with Gasteiger partial charge in [0.1, 0.15) is 0 Å². The summed E-state index contributed by atoms with van der Waals surface area (Å²) in [4.78, 5) is 11.1. The van der Waals surface area contributed by atoms with Gasteiger partial charge in [-0.3, -0.25) is 4.72 Å². The second-order valence-electron chi connectivity index (χ2n) is 4.95. The molecule has 0 heterocycles. The third kappa shape index (κ3) is 3.46. The summed E-state index contributed by atoms with van der Waals surface area (Å²) in [5.74, 6) is -1.16. The van der Waals surface area contributed by atoms with Crippen LogP contribution in [0, 0.1) is 6.92 Å². The Morgan fingerprint density at radius 2 is 1.77 bits per heavy atom. The summed E-state index contributed by atoms with van der Waals surface area (Å²) < 4.78 is 27.6. The topological polar surface area (TPSA) is 83.5 Å². The van der Waals surface area contributed by atoms with Gasteiger partial charge in [0.25, 0.3) is 10.0 Å². The Bertz CT molecular complexity index is 795. The lowest BCUT2D eigenvalue weighted by molar-refractivity contribution is 0.0696. The van der Waals surface area contributed by atoms with E-state index in [4.69, 9.17) is 5.11 Å². The van der Waals surface area contributed by atoms with Crippen molar-refractivity contribution < 1.29 is 18.3 Å². The lowest BCUT2D eigenvalue weighted by Crippen LogP contribution is -2.16. The number of sulfonamides is 1. The molecule has 0 atom stereocenters. The van der Waals surface area contributed by atoms with E-state index in [9.17, 15) is 13.2 Å². The Morgan fingerprint density at radius 1 is 1.14 bits per heavy atom. The van der Waals surface area contributed by atoms with E-state index in [0.29, 0.717) is 17.7 Å². The number of benzene rings is 2. The highest BCUT2D eigenvalue weighted by Gasteiger charge is 2.20. The van der Waals surface area contributed by atoms with E-state index < -0.39 is 16.0 Å². The Balaban J connectivity index is 2.45. The van der Waals surface area contributed by atoms with Crippen LogP contribution in [0.15, 0.2) is 47.4 Å². The van der Waals surface area contributed by atoms with Crippen LogP contribution in [-0.4, -0.2) is 19.5 Å². The normalized spacial score (nSPS) is 11.2. The van der Waals surface area contributed by atoms with E-state index in [1.54, 1.807) is 24.3 Å². The van der Waals surface area contributed by atoms with Gasteiger partial charge in [-0.15, -0.1) is 0 Å². The van der Waals surface area contributed by atoms with Gasteiger partial charge >= 0.3 is 5.97 Å². The van der Waals surface area contributed by atoms with Crippen LogP contribution < -0.4 is 4.72 Å². The summed E-state index contributed by atoms with van der Waals surface area (Å²) in [5.41, 5.74) is 1.98. The van der Waals surface area contributed by atoms with Crippen LogP contribution in [0.3, 0.4) is 0 Å². The molecule has 0 aliphatic heterocycles. The maximum Gasteiger partial charge on any atom is 0.335 e. The lowest BCUT2D eigenvalue weighted by Gasteiger charge is -2.12. The summed E-state index contributed by atoms with van der Waals surface area (Å²) in [6.07, 6.45) is 0.490. The summed E-state index contributed by atoms with van der Waals surface area (Å²) in [5, 5.41) is 9.04.